The van der Waals surface area contributed by atoms with Crippen LogP contribution in [-0.2, 0) is 0 Å². The largest absolute Gasteiger partial charge is 0.391 e. The first-order valence-corrected chi connectivity index (χ1v) is 12.4. The fourth-order valence-corrected chi connectivity index (χ4v) is 6.99. The number of alkyl halides is 4. The maximum atomic E-state index is 15.5. The van der Waals surface area contributed by atoms with Gasteiger partial charge in [-0.1, -0.05) is 0 Å². The molecule has 4 unspecified atom stereocenters. The third kappa shape index (κ3) is 5.09. The predicted octanol–water partition coefficient (Wildman–Crippen LogP) is 2.42. The van der Waals surface area contributed by atoms with Crippen LogP contribution in [0.15, 0.2) is 0 Å². The van der Waals surface area contributed by atoms with Crippen LogP contribution in [0.4, 0.5) is 17.6 Å². The minimum Gasteiger partial charge on any atom is -0.388 e. The van der Waals surface area contributed by atoms with Gasteiger partial charge in [-0.3, -0.25) is 20.9 Å². The Labute approximate surface area is 180 Å². The zero-order valence-electron chi connectivity index (χ0n) is 17.3. The zero-order chi connectivity index (χ0) is 21.4. The molecule has 0 bridgehead atoms. The Balaban J connectivity index is 1.34. The monoisotopic (exact) mass is 454 g/mol. The molecule has 5 atom stereocenters. The van der Waals surface area contributed by atoms with Gasteiger partial charge in [-0.25, -0.2) is 4.39 Å². The van der Waals surface area contributed by atoms with Crippen molar-refractivity contribution in [3.05, 3.63) is 0 Å². The van der Waals surface area contributed by atoms with Crippen molar-refractivity contribution >= 4 is 11.8 Å². The topological polar surface area (TPSA) is 59.6 Å². The second-order valence-electron chi connectivity index (χ2n) is 9.46. The van der Waals surface area contributed by atoms with E-state index in [0.29, 0.717) is 38.2 Å². The first-order chi connectivity index (χ1) is 14.3. The molecule has 1 aliphatic carbocycles. The Morgan fingerprint density at radius 1 is 1.13 bits per heavy atom. The van der Waals surface area contributed by atoms with E-state index in [2.05, 4.69) is 20.9 Å². The van der Waals surface area contributed by atoms with Gasteiger partial charge >= 0.3 is 6.18 Å². The fourth-order valence-electron chi connectivity index (χ4n) is 5.70. The molecular weight excluding hydrogens is 420 g/mol. The van der Waals surface area contributed by atoms with Gasteiger partial charge in [0.1, 0.15) is 0 Å². The van der Waals surface area contributed by atoms with Gasteiger partial charge in [0.25, 0.3) is 0 Å². The Morgan fingerprint density at radius 2 is 1.90 bits per heavy atom. The number of thioether (sulfide) groups is 1. The number of likely N-dealkylation sites (tertiary alicyclic amines) is 1. The molecule has 0 amide bonds. The molecule has 0 spiro atoms. The summed E-state index contributed by atoms with van der Waals surface area (Å²) in [6, 6.07) is 0.143. The summed E-state index contributed by atoms with van der Waals surface area (Å²) in [7, 11) is 0. The van der Waals surface area contributed by atoms with E-state index in [4.69, 9.17) is 0 Å². The summed E-state index contributed by atoms with van der Waals surface area (Å²) in [6.45, 7) is 1.59. The van der Waals surface area contributed by atoms with Crippen LogP contribution in [-0.4, -0.2) is 77.6 Å². The molecule has 0 aromatic rings. The van der Waals surface area contributed by atoms with Crippen molar-refractivity contribution in [3.8, 4) is 0 Å². The van der Waals surface area contributed by atoms with Crippen molar-refractivity contribution in [1.29, 1.82) is 0 Å². The van der Waals surface area contributed by atoms with Crippen LogP contribution in [0.2, 0.25) is 0 Å². The summed E-state index contributed by atoms with van der Waals surface area (Å²) in [5.41, 5.74) is -0.778. The number of halogens is 4. The van der Waals surface area contributed by atoms with Crippen molar-refractivity contribution < 1.29 is 22.7 Å². The van der Waals surface area contributed by atoms with Crippen molar-refractivity contribution in [3.63, 3.8) is 0 Å². The van der Waals surface area contributed by atoms with Crippen molar-refractivity contribution in [2.75, 3.05) is 31.3 Å². The lowest BCUT2D eigenvalue weighted by molar-refractivity contribution is -0.185. The summed E-state index contributed by atoms with van der Waals surface area (Å²) in [5.74, 6) is 0.617. The molecule has 4 aliphatic rings. The summed E-state index contributed by atoms with van der Waals surface area (Å²) in [6.07, 6.45) is -2.19. The molecule has 0 aromatic heterocycles. The predicted molar refractivity (Wildman–Crippen MR) is 110 cm³/mol. The molecule has 4 fully saturated rings. The van der Waals surface area contributed by atoms with E-state index in [1.807, 2.05) is 0 Å². The number of hydrogen-bond acceptors (Lipinski definition) is 6. The van der Waals surface area contributed by atoms with Gasteiger partial charge in [0, 0.05) is 31.6 Å². The molecule has 5 nitrogen and oxygen atoms in total. The number of nitrogens with one attached hydrogen (secondary N) is 3. The lowest BCUT2D eigenvalue weighted by atomic mass is 9.77. The molecule has 3 saturated heterocycles. The molecule has 4 N–H and O–H groups in total. The Morgan fingerprint density at radius 3 is 2.57 bits per heavy atom. The fraction of sp³-hybridized carbons (Fsp3) is 1.00. The highest BCUT2D eigenvalue weighted by Gasteiger charge is 2.47. The normalized spacial score (nSPS) is 43.9. The van der Waals surface area contributed by atoms with Crippen LogP contribution in [0.3, 0.4) is 0 Å². The molecule has 4 rings (SSSR count). The van der Waals surface area contributed by atoms with Crippen molar-refractivity contribution in [1.82, 2.24) is 20.9 Å². The van der Waals surface area contributed by atoms with Crippen LogP contribution >= 0.6 is 11.8 Å². The van der Waals surface area contributed by atoms with Gasteiger partial charge < -0.3 is 5.11 Å². The van der Waals surface area contributed by atoms with Crippen LogP contribution in [0.25, 0.3) is 0 Å². The number of nitrogens with zero attached hydrogens (tertiary/aromatic N) is 1. The van der Waals surface area contributed by atoms with Gasteiger partial charge in [-0.15, -0.1) is 0 Å². The minimum atomic E-state index is -4.10. The van der Waals surface area contributed by atoms with Crippen LogP contribution in [0.5, 0.6) is 0 Å². The van der Waals surface area contributed by atoms with Gasteiger partial charge in [0.15, 0.2) is 6.17 Å². The van der Waals surface area contributed by atoms with E-state index >= 15 is 4.39 Å². The molecule has 174 valence electrons. The summed E-state index contributed by atoms with van der Waals surface area (Å²) in [4.78, 5) is 2.17. The zero-order valence-corrected chi connectivity index (χ0v) is 18.1. The summed E-state index contributed by atoms with van der Waals surface area (Å²) < 4.78 is 54.5. The van der Waals surface area contributed by atoms with E-state index in [-0.39, 0.29) is 24.8 Å². The Bertz CT molecular complexity index is 569. The van der Waals surface area contributed by atoms with Crippen molar-refractivity contribution in [2.45, 2.75) is 81.3 Å². The summed E-state index contributed by atoms with van der Waals surface area (Å²) >= 11 is 1.71. The standard InChI is InChI=1S/C20H34F4N4OS/c21-16-17(25-10-19(29)7-9-30-11-19)26-12-27-18(16)28-8-1-2-15(28)13-3-5-14(6-4-13)20(22,23)24/h13-18,25-27,29H,1-12H2/t13?,14?,15-,16?,17?,18?,19?/m1/s1. The molecule has 3 aliphatic heterocycles. The molecule has 10 heteroatoms. The summed E-state index contributed by atoms with van der Waals surface area (Å²) in [5, 5.41) is 20.1. The van der Waals surface area contributed by atoms with E-state index in [1.54, 1.807) is 11.8 Å². The quantitative estimate of drug-likeness (QED) is 0.479. The SMILES string of the molecule is OC1(CNC2NCNC(N3CCC[C@@H]3C3CCC(C(F)(F)F)CC3)C2F)CCSC1. The Kier molecular flexibility index (Phi) is 7.21. The highest BCUT2D eigenvalue weighted by molar-refractivity contribution is 7.99. The highest BCUT2D eigenvalue weighted by Crippen LogP contribution is 2.43. The van der Waals surface area contributed by atoms with Crippen LogP contribution in [0.1, 0.15) is 44.9 Å². The van der Waals surface area contributed by atoms with Crippen LogP contribution < -0.4 is 16.0 Å². The first-order valence-electron chi connectivity index (χ1n) is 11.2. The second kappa shape index (κ2) is 9.39. The van der Waals surface area contributed by atoms with Gasteiger partial charge in [0.05, 0.1) is 23.9 Å². The maximum absolute atomic E-state index is 15.5. The third-order valence-corrected chi connectivity index (χ3v) is 8.70. The van der Waals surface area contributed by atoms with Gasteiger partial charge in [0.2, 0.25) is 0 Å². The number of hydrogen-bond donors (Lipinski definition) is 4. The van der Waals surface area contributed by atoms with E-state index in [1.165, 1.54) is 0 Å². The van der Waals surface area contributed by atoms with E-state index in [0.717, 1.165) is 25.1 Å². The lowest BCUT2D eigenvalue weighted by Crippen LogP contribution is -2.70. The highest BCUT2D eigenvalue weighted by atomic mass is 32.2. The first kappa shape index (κ1) is 23.0. The second-order valence-corrected chi connectivity index (χ2v) is 10.6. The molecule has 0 aromatic carbocycles. The average molecular weight is 455 g/mol. The average Bonchev–Trinajstić information content (AvgIpc) is 3.36. The molecule has 3 heterocycles. The van der Waals surface area contributed by atoms with Gasteiger partial charge in [-0.2, -0.15) is 24.9 Å². The smallest absolute Gasteiger partial charge is 0.388 e. The molecule has 0 radical (unpaired) electrons. The van der Waals surface area contributed by atoms with Crippen molar-refractivity contribution in [2.24, 2.45) is 11.8 Å². The Hall–Kier alpha value is -0.130. The van der Waals surface area contributed by atoms with Crippen LogP contribution in [0, 0.1) is 11.8 Å². The molecular formula is C20H34F4N4OS. The number of rotatable bonds is 5. The minimum absolute atomic E-state index is 0.143. The van der Waals surface area contributed by atoms with Gasteiger partial charge in [-0.05, 0) is 56.6 Å². The molecule has 1 saturated carbocycles. The van der Waals surface area contributed by atoms with E-state index < -0.39 is 36.2 Å². The lowest BCUT2D eigenvalue weighted by Gasteiger charge is -2.45. The van der Waals surface area contributed by atoms with E-state index in [9.17, 15) is 18.3 Å². The molecule has 30 heavy (non-hydrogen) atoms. The number of aliphatic hydroxyl groups is 1. The third-order valence-electron chi connectivity index (χ3n) is 7.47. The maximum Gasteiger partial charge on any atom is 0.391 e.